The van der Waals surface area contributed by atoms with E-state index < -0.39 is 0 Å². The van der Waals surface area contributed by atoms with E-state index in [2.05, 4.69) is 89.2 Å². The molecule has 1 aliphatic carbocycles. The SMILES string of the molecule is Clc1ccc(C2=CSC3=NC4=C(CCC/C4=C\c4ccccc4)C(c4ccccc4)N23)cc1. The van der Waals surface area contributed by atoms with Gasteiger partial charge in [0.1, 0.15) is 0 Å². The van der Waals surface area contributed by atoms with Crippen LogP contribution in [0.2, 0.25) is 5.02 Å². The zero-order valence-corrected chi connectivity index (χ0v) is 19.7. The molecule has 1 unspecified atom stereocenters. The second-order valence-corrected chi connectivity index (χ2v) is 9.79. The summed E-state index contributed by atoms with van der Waals surface area (Å²) in [4.78, 5) is 7.68. The molecule has 2 aliphatic heterocycles. The number of aliphatic imine (C=N–C) groups is 1. The molecule has 0 fully saturated rings. The van der Waals surface area contributed by atoms with Crippen molar-refractivity contribution in [2.45, 2.75) is 25.3 Å². The molecule has 1 atom stereocenters. The van der Waals surface area contributed by atoms with E-state index in [-0.39, 0.29) is 6.04 Å². The molecule has 6 rings (SSSR count). The molecule has 0 saturated heterocycles. The van der Waals surface area contributed by atoms with Crippen molar-refractivity contribution in [1.82, 2.24) is 4.90 Å². The molecule has 0 spiro atoms. The monoisotopic (exact) mass is 466 g/mol. The predicted octanol–water partition coefficient (Wildman–Crippen LogP) is 8.32. The van der Waals surface area contributed by atoms with E-state index in [0.29, 0.717) is 0 Å². The number of halogens is 1. The van der Waals surface area contributed by atoms with Crippen LogP contribution in [0.25, 0.3) is 11.8 Å². The fourth-order valence-electron chi connectivity index (χ4n) is 4.93. The maximum absolute atomic E-state index is 6.18. The molecule has 162 valence electrons. The van der Waals surface area contributed by atoms with E-state index in [1.165, 1.54) is 33.7 Å². The molecule has 3 aromatic carbocycles. The first-order valence-corrected chi connectivity index (χ1v) is 12.6. The quantitative estimate of drug-likeness (QED) is 0.385. The summed E-state index contributed by atoms with van der Waals surface area (Å²) in [6.45, 7) is 0. The molecule has 2 nitrogen and oxygen atoms in total. The highest BCUT2D eigenvalue weighted by atomic mass is 35.5. The number of amidine groups is 1. The van der Waals surface area contributed by atoms with Crippen molar-refractivity contribution in [1.29, 1.82) is 0 Å². The molecule has 4 heteroatoms. The summed E-state index contributed by atoms with van der Waals surface area (Å²) in [5.41, 5.74) is 8.84. The molecule has 3 aliphatic rings. The molecule has 0 bridgehead atoms. The third-order valence-electron chi connectivity index (χ3n) is 6.43. The number of hydrogen-bond donors (Lipinski definition) is 0. The van der Waals surface area contributed by atoms with Gasteiger partial charge in [0.25, 0.3) is 0 Å². The fourth-order valence-corrected chi connectivity index (χ4v) is 5.99. The Hall–Kier alpha value is -3.01. The van der Waals surface area contributed by atoms with Crippen molar-refractivity contribution in [2.75, 3.05) is 0 Å². The van der Waals surface area contributed by atoms with Crippen molar-refractivity contribution in [2.24, 2.45) is 4.99 Å². The molecular formula is C29H23ClN2S. The Balaban J connectivity index is 1.49. The van der Waals surface area contributed by atoms with Gasteiger partial charge in [0.15, 0.2) is 5.17 Å². The fraction of sp³-hybridized carbons (Fsp3) is 0.138. The van der Waals surface area contributed by atoms with Crippen LogP contribution in [0.5, 0.6) is 0 Å². The van der Waals surface area contributed by atoms with Gasteiger partial charge in [-0.05, 0) is 65.3 Å². The van der Waals surface area contributed by atoms with Crippen LogP contribution in [0.3, 0.4) is 0 Å². The van der Waals surface area contributed by atoms with E-state index in [4.69, 9.17) is 16.6 Å². The van der Waals surface area contributed by atoms with Gasteiger partial charge >= 0.3 is 0 Å². The van der Waals surface area contributed by atoms with Crippen molar-refractivity contribution in [3.63, 3.8) is 0 Å². The summed E-state index contributed by atoms with van der Waals surface area (Å²) >= 11 is 7.89. The van der Waals surface area contributed by atoms with Crippen LogP contribution in [0, 0.1) is 0 Å². The number of thioether (sulfide) groups is 1. The highest BCUT2D eigenvalue weighted by Crippen LogP contribution is 2.51. The number of benzene rings is 3. The second-order valence-electron chi connectivity index (χ2n) is 8.51. The summed E-state index contributed by atoms with van der Waals surface area (Å²) in [7, 11) is 0. The molecule has 0 radical (unpaired) electrons. The second kappa shape index (κ2) is 8.74. The van der Waals surface area contributed by atoms with Gasteiger partial charge in [-0.15, -0.1) is 0 Å². The van der Waals surface area contributed by atoms with E-state index in [9.17, 15) is 0 Å². The average Bonchev–Trinajstić information content (AvgIpc) is 3.28. The van der Waals surface area contributed by atoms with Crippen LogP contribution in [-0.4, -0.2) is 10.1 Å². The van der Waals surface area contributed by atoms with Gasteiger partial charge < -0.3 is 4.90 Å². The topological polar surface area (TPSA) is 15.6 Å². The van der Waals surface area contributed by atoms with Crippen LogP contribution < -0.4 is 0 Å². The van der Waals surface area contributed by atoms with Crippen molar-refractivity contribution < 1.29 is 0 Å². The molecule has 3 aromatic rings. The van der Waals surface area contributed by atoms with E-state index in [1.54, 1.807) is 11.8 Å². The Morgan fingerprint density at radius 1 is 0.879 bits per heavy atom. The standard InChI is InChI=1S/C29H23ClN2S/c30-24-16-14-21(15-17-24)26-19-33-29-31-27-23(18-20-8-3-1-4-9-20)12-7-13-25(27)28(32(26)29)22-10-5-2-6-11-22/h1-6,8-11,14-19,28H,7,12-13H2/b23-18+. The lowest BCUT2D eigenvalue weighted by Gasteiger charge is -2.40. The number of allylic oxidation sites excluding steroid dienone is 1. The number of fused-ring (bicyclic) bond motifs is 1. The minimum absolute atomic E-state index is 0.144. The number of nitrogens with zero attached hydrogens (tertiary/aromatic N) is 2. The lowest BCUT2D eigenvalue weighted by molar-refractivity contribution is 0.458. The van der Waals surface area contributed by atoms with Gasteiger partial charge in [0, 0.05) is 10.4 Å². The van der Waals surface area contributed by atoms with Gasteiger partial charge in [-0.25, -0.2) is 4.99 Å². The van der Waals surface area contributed by atoms with Crippen molar-refractivity contribution in [3.05, 3.63) is 129 Å². The Morgan fingerprint density at radius 3 is 2.36 bits per heavy atom. The summed E-state index contributed by atoms with van der Waals surface area (Å²) in [6, 6.07) is 29.7. The van der Waals surface area contributed by atoms with Crippen LogP contribution in [-0.2, 0) is 0 Å². The Labute approximate surface area is 204 Å². The van der Waals surface area contributed by atoms with Crippen LogP contribution in [0.15, 0.2) is 112 Å². The first kappa shape index (κ1) is 20.6. The lowest BCUT2D eigenvalue weighted by atomic mass is 9.83. The zero-order valence-electron chi connectivity index (χ0n) is 18.1. The third-order valence-corrected chi connectivity index (χ3v) is 7.53. The van der Waals surface area contributed by atoms with Crippen LogP contribution >= 0.6 is 23.4 Å². The van der Waals surface area contributed by atoms with Gasteiger partial charge in [-0.2, -0.15) is 0 Å². The smallest absolute Gasteiger partial charge is 0.174 e. The largest absolute Gasteiger partial charge is 0.308 e. The van der Waals surface area contributed by atoms with Crippen LogP contribution in [0.1, 0.15) is 42.0 Å². The minimum Gasteiger partial charge on any atom is -0.308 e. The lowest BCUT2D eigenvalue weighted by Crippen LogP contribution is -2.34. The maximum Gasteiger partial charge on any atom is 0.174 e. The maximum atomic E-state index is 6.18. The van der Waals surface area contributed by atoms with Gasteiger partial charge in [0.05, 0.1) is 17.4 Å². The molecule has 0 aromatic heterocycles. The first-order valence-electron chi connectivity index (χ1n) is 11.3. The van der Waals surface area contributed by atoms with Gasteiger partial charge in [-0.3, -0.25) is 0 Å². The predicted molar refractivity (Wildman–Crippen MR) is 141 cm³/mol. The van der Waals surface area contributed by atoms with Crippen molar-refractivity contribution >= 4 is 40.3 Å². The molecule has 33 heavy (non-hydrogen) atoms. The van der Waals surface area contributed by atoms with E-state index >= 15 is 0 Å². The summed E-state index contributed by atoms with van der Waals surface area (Å²) < 4.78 is 0. The molecular weight excluding hydrogens is 444 g/mol. The summed E-state index contributed by atoms with van der Waals surface area (Å²) in [5.74, 6) is 0. The van der Waals surface area contributed by atoms with Crippen LogP contribution in [0.4, 0.5) is 0 Å². The van der Waals surface area contributed by atoms with Gasteiger partial charge in [-0.1, -0.05) is 96.2 Å². The number of rotatable bonds is 3. The third kappa shape index (κ3) is 3.86. The highest BCUT2D eigenvalue weighted by Gasteiger charge is 2.40. The molecule has 0 amide bonds. The minimum atomic E-state index is 0.144. The molecule has 2 heterocycles. The van der Waals surface area contributed by atoms with E-state index in [1.807, 2.05) is 12.1 Å². The summed E-state index contributed by atoms with van der Waals surface area (Å²) in [6.07, 6.45) is 5.59. The summed E-state index contributed by atoms with van der Waals surface area (Å²) in [5, 5.41) is 4.04. The van der Waals surface area contributed by atoms with Gasteiger partial charge in [0.2, 0.25) is 0 Å². The first-order chi connectivity index (χ1) is 16.3. The molecule has 0 N–H and O–H groups in total. The van der Waals surface area contributed by atoms with Crippen molar-refractivity contribution in [3.8, 4) is 0 Å². The van der Waals surface area contributed by atoms with E-state index in [0.717, 1.165) is 35.0 Å². The number of hydrogen-bond acceptors (Lipinski definition) is 3. The average molecular weight is 467 g/mol. The normalized spacial score (nSPS) is 20.9. The highest BCUT2D eigenvalue weighted by molar-refractivity contribution is 8.16. The molecule has 0 saturated carbocycles. The zero-order chi connectivity index (χ0) is 22.2. The Bertz CT molecular complexity index is 1300. The Morgan fingerprint density at radius 2 is 1.61 bits per heavy atom. The Kier molecular flexibility index (Phi) is 5.45.